The Balaban J connectivity index is 1.47. The normalized spacial score (nSPS) is 16.7. The molecule has 0 radical (unpaired) electrons. The third-order valence-electron chi connectivity index (χ3n) is 5.55. The SMILES string of the molecule is Cc1c(CN(C)C(=O)C2=C(c3cnc4c(c3)CCC(=O)N4)OS(=O)(=O)O2)oc2ccccc12. The second-order valence-electron chi connectivity index (χ2n) is 7.82. The number of carbonyl (C=O) groups is 2. The second-order valence-corrected chi connectivity index (χ2v) is 8.97. The molecule has 0 fully saturated rings. The number of furan rings is 1. The average molecular weight is 469 g/mol. The Morgan fingerprint density at radius 1 is 1.21 bits per heavy atom. The summed E-state index contributed by atoms with van der Waals surface area (Å²) in [5.74, 6) is -0.599. The van der Waals surface area contributed by atoms with Crippen molar-refractivity contribution in [1.29, 1.82) is 0 Å². The summed E-state index contributed by atoms with van der Waals surface area (Å²) < 4.78 is 39.9. The maximum Gasteiger partial charge on any atom is 0.501 e. The van der Waals surface area contributed by atoms with E-state index in [0.29, 0.717) is 29.1 Å². The van der Waals surface area contributed by atoms with Crippen LogP contribution in [0.4, 0.5) is 5.82 Å². The van der Waals surface area contributed by atoms with Crippen molar-refractivity contribution in [3.05, 3.63) is 64.7 Å². The molecule has 0 aliphatic carbocycles. The van der Waals surface area contributed by atoms with Crippen molar-refractivity contribution in [3.63, 3.8) is 0 Å². The van der Waals surface area contributed by atoms with Gasteiger partial charge in [-0.2, -0.15) is 0 Å². The third kappa shape index (κ3) is 3.80. The lowest BCUT2D eigenvalue weighted by Gasteiger charge is -2.17. The van der Waals surface area contributed by atoms with Gasteiger partial charge in [-0.15, -0.1) is 8.42 Å². The number of amides is 2. The number of hydrogen-bond donors (Lipinski definition) is 1. The van der Waals surface area contributed by atoms with Crippen LogP contribution in [0.25, 0.3) is 16.7 Å². The van der Waals surface area contributed by atoms with Gasteiger partial charge in [0.05, 0.1) is 6.54 Å². The van der Waals surface area contributed by atoms with Crippen LogP contribution in [0.2, 0.25) is 0 Å². The van der Waals surface area contributed by atoms with Crippen molar-refractivity contribution in [2.75, 3.05) is 12.4 Å². The summed E-state index contributed by atoms with van der Waals surface area (Å²) in [6.07, 6.45) is 2.02. The molecule has 2 aliphatic rings. The summed E-state index contributed by atoms with van der Waals surface area (Å²) in [4.78, 5) is 30.2. The van der Waals surface area contributed by atoms with Crippen LogP contribution in [0.5, 0.6) is 0 Å². The summed E-state index contributed by atoms with van der Waals surface area (Å²) in [6.45, 7) is 1.98. The number of nitrogens with one attached hydrogen (secondary N) is 1. The number of benzene rings is 1. The zero-order valence-corrected chi connectivity index (χ0v) is 18.6. The molecule has 10 nitrogen and oxygen atoms in total. The molecule has 0 unspecified atom stereocenters. The average Bonchev–Trinajstić information content (AvgIpc) is 3.29. The van der Waals surface area contributed by atoms with Crippen molar-refractivity contribution >= 4 is 44.8 Å². The lowest BCUT2D eigenvalue weighted by Crippen LogP contribution is -2.28. The Morgan fingerprint density at radius 2 is 2.00 bits per heavy atom. The molecule has 0 atom stereocenters. The highest BCUT2D eigenvalue weighted by Gasteiger charge is 2.39. The molecule has 11 heteroatoms. The number of para-hydroxylation sites is 1. The zero-order chi connectivity index (χ0) is 23.3. The molecule has 4 heterocycles. The second kappa shape index (κ2) is 7.62. The fraction of sp³-hybridized carbons (Fsp3) is 0.227. The van der Waals surface area contributed by atoms with Crippen molar-refractivity contribution in [2.24, 2.45) is 0 Å². The number of rotatable bonds is 4. The quantitative estimate of drug-likeness (QED) is 0.618. The Labute approximate surface area is 189 Å². The van der Waals surface area contributed by atoms with Gasteiger partial charge in [-0.25, -0.2) is 4.98 Å². The van der Waals surface area contributed by atoms with Gasteiger partial charge < -0.3 is 23.0 Å². The topological polar surface area (TPSA) is 128 Å². The molecule has 3 aromatic rings. The van der Waals surface area contributed by atoms with E-state index < -0.39 is 22.1 Å². The van der Waals surface area contributed by atoms with E-state index in [2.05, 4.69) is 10.3 Å². The summed E-state index contributed by atoms with van der Waals surface area (Å²) in [7, 11) is -2.94. The Kier molecular flexibility index (Phi) is 4.85. The lowest BCUT2D eigenvalue weighted by atomic mass is 10.0. The molecule has 0 saturated heterocycles. The number of aromatic nitrogens is 1. The van der Waals surface area contributed by atoms with Crippen molar-refractivity contribution in [3.8, 4) is 0 Å². The number of pyridine rings is 1. The smallest absolute Gasteiger partial charge is 0.459 e. The van der Waals surface area contributed by atoms with Crippen molar-refractivity contribution in [1.82, 2.24) is 9.88 Å². The number of aryl methyl sites for hydroxylation is 2. The van der Waals surface area contributed by atoms with Crippen LogP contribution in [0, 0.1) is 6.92 Å². The first-order valence-corrected chi connectivity index (χ1v) is 11.4. The fourth-order valence-corrected chi connectivity index (χ4v) is 4.59. The van der Waals surface area contributed by atoms with Crippen LogP contribution in [0.15, 0.2) is 46.7 Å². The number of likely N-dealkylation sites (N-methyl/N-ethyl adjacent to an activating group) is 1. The van der Waals surface area contributed by atoms with Crippen molar-refractivity contribution in [2.45, 2.75) is 26.3 Å². The first-order chi connectivity index (χ1) is 15.7. The van der Waals surface area contributed by atoms with Crippen LogP contribution in [-0.2, 0) is 41.3 Å². The lowest BCUT2D eigenvalue weighted by molar-refractivity contribution is -0.128. The van der Waals surface area contributed by atoms with Crippen LogP contribution < -0.4 is 5.32 Å². The minimum Gasteiger partial charge on any atom is -0.459 e. The molecule has 2 amide bonds. The van der Waals surface area contributed by atoms with E-state index >= 15 is 0 Å². The monoisotopic (exact) mass is 469 g/mol. The predicted octanol–water partition coefficient (Wildman–Crippen LogP) is 2.64. The zero-order valence-electron chi connectivity index (χ0n) is 17.7. The number of carbonyl (C=O) groups excluding carboxylic acids is 2. The Hall–Kier alpha value is -3.86. The van der Waals surface area contributed by atoms with Gasteiger partial charge in [0.2, 0.25) is 11.7 Å². The molecule has 2 aliphatic heterocycles. The molecule has 2 aromatic heterocycles. The molecule has 1 N–H and O–H groups in total. The van der Waals surface area contributed by atoms with Crippen LogP contribution in [-0.4, -0.2) is 37.2 Å². The molecule has 0 bridgehead atoms. The van der Waals surface area contributed by atoms with E-state index in [1.54, 1.807) is 6.07 Å². The minimum absolute atomic E-state index is 0.0913. The number of fused-ring (bicyclic) bond motifs is 2. The summed E-state index contributed by atoms with van der Waals surface area (Å²) in [5, 5.41) is 3.58. The van der Waals surface area contributed by atoms with E-state index in [4.69, 9.17) is 12.8 Å². The number of hydrogen-bond acceptors (Lipinski definition) is 8. The Morgan fingerprint density at radius 3 is 2.79 bits per heavy atom. The molecule has 0 spiro atoms. The highest BCUT2D eigenvalue weighted by atomic mass is 32.3. The van der Waals surface area contributed by atoms with Gasteiger partial charge >= 0.3 is 10.4 Å². The molecule has 5 rings (SSSR count). The van der Waals surface area contributed by atoms with Gasteiger partial charge in [-0.1, -0.05) is 18.2 Å². The number of nitrogens with zero attached hydrogens (tertiary/aromatic N) is 2. The first kappa shape index (κ1) is 21.0. The summed E-state index contributed by atoms with van der Waals surface area (Å²) >= 11 is 0. The summed E-state index contributed by atoms with van der Waals surface area (Å²) in [5.41, 5.74) is 2.53. The molecule has 33 heavy (non-hydrogen) atoms. The van der Waals surface area contributed by atoms with Crippen LogP contribution >= 0.6 is 0 Å². The highest BCUT2D eigenvalue weighted by molar-refractivity contribution is 7.82. The van der Waals surface area contributed by atoms with E-state index in [9.17, 15) is 18.0 Å². The fourth-order valence-electron chi connectivity index (χ4n) is 3.83. The maximum atomic E-state index is 13.2. The van der Waals surface area contributed by atoms with E-state index in [1.165, 1.54) is 18.1 Å². The molecule has 0 saturated carbocycles. The molecular weight excluding hydrogens is 450 g/mol. The van der Waals surface area contributed by atoms with Gasteiger partial charge in [0, 0.05) is 36.2 Å². The van der Waals surface area contributed by atoms with Gasteiger partial charge in [0.25, 0.3) is 11.7 Å². The van der Waals surface area contributed by atoms with Gasteiger partial charge in [-0.05, 0) is 31.0 Å². The predicted molar refractivity (Wildman–Crippen MR) is 117 cm³/mol. The third-order valence-corrected chi connectivity index (χ3v) is 6.29. The molecule has 1 aromatic carbocycles. The maximum absolute atomic E-state index is 13.2. The standard InChI is InChI=1S/C22H19N3O7S/c1-12-15-5-3-4-6-16(15)30-17(12)11-25(2)22(27)20-19(31-33(28,29)32-20)14-9-13-7-8-18(26)24-21(13)23-10-14/h3-6,9-10H,7-8,11H2,1-2H3,(H,23,24,26). The van der Waals surface area contributed by atoms with Crippen LogP contribution in [0.3, 0.4) is 0 Å². The van der Waals surface area contributed by atoms with Gasteiger partial charge in [-0.3, -0.25) is 9.59 Å². The first-order valence-electron chi connectivity index (χ1n) is 10.1. The minimum atomic E-state index is -4.45. The Bertz CT molecular complexity index is 1460. The largest absolute Gasteiger partial charge is 0.501 e. The van der Waals surface area contributed by atoms with Crippen molar-refractivity contribution < 1.29 is 30.8 Å². The van der Waals surface area contributed by atoms with E-state index in [1.807, 2.05) is 31.2 Å². The van der Waals surface area contributed by atoms with Gasteiger partial charge in [0.15, 0.2) is 0 Å². The molecule has 170 valence electrons. The molecular formula is C22H19N3O7S. The van der Waals surface area contributed by atoms with E-state index in [-0.39, 0.29) is 30.2 Å². The number of anilines is 1. The highest BCUT2D eigenvalue weighted by Crippen LogP contribution is 2.35. The van der Waals surface area contributed by atoms with Crippen LogP contribution in [0.1, 0.15) is 28.9 Å². The van der Waals surface area contributed by atoms with Gasteiger partial charge in [0.1, 0.15) is 17.2 Å². The van der Waals surface area contributed by atoms with E-state index in [0.717, 1.165) is 10.9 Å². The summed E-state index contributed by atoms with van der Waals surface area (Å²) in [6, 6.07) is 9.13.